The highest BCUT2D eigenvalue weighted by molar-refractivity contribution is 7.10. The van der Waals surface area contributed by atoms with E-state index in [0.717, 1.165) is 6.42 Å². The van der Waals surface area contributed by atoms with Crippen LogP contribution in [0.4, 0.5) is 0 Å². The van der Waals surface area contributed by atoms with E-state index >= 15 is 0 Å². The Labute approximate surface area is 77.6 Å². The van der Waals surface area contributed by atoms with Gasteiger partial charge in [-0.05, 0) is 23.4 Å². The van der Waals surface area contributed by atoms with Gasteiger partial charge in [-0.1, -0.05) is 6.92 Å². The van der Waals surface area contributed by atoms with Crippen LogP contribution in [0.15, 0.2) is 11.4 Å². The molecule has 1 unspecified atom stereocenters. The molecule has 12 heavy (non-hydrogen) atoms. The summed E-state index contributed by atoms with van der Waals surface area (Å²) in [7, 11) is 0. The van der Waals surface area contributed by atoms with Crippen LogP contribution >= 0.6 is 11.3 Å². The van der Waals surface area contributed by atoms with E-state index in [4.69, 9.17) is 12.2 Å². The molecule has 0 saturated heterocycles. The predicted octanol–water partition coefficient (Wildman–Crippen LogP) is 2.33. The minimum absolute atomic E-state index is 0.0324. The fraction of sp³-hybridized carbons (Fsp3) is 0.400. The van der Waals surface area contributed by atoms with Crippen molar-refractivity contribution in [3.05, 3.63) is 21.9 Å². The molecule has 0 saturated carbocycles. The van der Waals surface area contributed by atoms with Crippen molar-refractivity contribution < 1.29 is 0 Å². The summed E-state index contributed by atoms with van der Waals surface area (Å²) in [5.41, 5.74) is 7.23. The predicted molar refractivity (Wildman–Crippen MR) is 54.1 cm³/mol. The van der Waals surface area contributed by atoms with Gasteiger partial charge < -0.3 is 5.73 Å². The Kier molecular flexibility index (Phi) is 3.33. The van der Waals surface area contributed by atoms with Crippen molar-refractivity contribution in [1.82, 2.24) is 0 Å². The quantitative estimate of drug-likeness (QED) is 0.708. The lowest BCUT2D eigenvalue weighted by molar-refractivity contribution is 0.761. The van der Waals surface area contributed by atoms with Crippen LogP contribution in [0, 0.1) is 12.3 Å². The highest BCUT2D eigenvalue weighted by atomic mass is 32.1. The van der Waals surface area contributed by atoms with Gasteiger partial charge in [0, 0.05) is 11.3 Å². The van der Waals surface area contributed by atoms with Gasteiger partial charge in [0.15, 0.2) is 0 Å². The van der Waals surface area contributed by atoms with Crippen molar-refractivity contribution in [3.63, 3.8) is 0 Å². The topological polar surface area (TPSA) is 26.0 Å². The smallest absolute Gasteiger partial charge is 0.0503 e. The molecule has 0 aliphatic heterocycles. The van der Waals surface area contributed by atoms with Gasteiger partial charge in [-0.15, -0.1) is 23.7 Å². The largest absolute Gasteiger partial charge is 0.322 e. The number of hydrogen-bond donors (Lipinski definition) is 1. The Morgan fingerprint density at radius 3 is 3.08 bits per heavy atom. The third-order valence-corrected chi connectivity index (χ3v) is 2.93. The Morgan fingerprint density at radius 1 is 1.75 bits per heavy atom. The first-order valence-corrected chi connectivity index (χ1v) is 4.92. The zero-order valence-electron chi connectivity index (χ0n) is 7.21. The van der Waals surface area contributed by atoms with Gasteiger partial charge >= 0.3 is 0 Å². The summed E-state index contributed by atoms with van der Waals surface area (Å²) in [6.07, 6.45) is 6.87. The molecule has 0 aliphatic rings. The SMILES string of the molecule is C#CCC(N)c1sccc1CC. The number of hydrogen-bond acceptors (Lipinski definition) is 2. The normalized spacial score (nSPS) is 12.4. The molecule has 0 aliphatic carbocycles. The van der Waals surface area contributed by atoms with E-state index in [-0.39, 0.29) is 6.04 Å². The number of aryl methyl sites for hydroxylation is 1. The number of rotatable bonds is 3. The maximum Gasteiger partial charge on any atom is 0.0503 e. The Bertz CT molecular complexity index is 282. The molecule has 0 radical (unpaired) electrons. The van der Waals surface area contributed by atoms with Crippen LogP contribution < -0.4 is 5.73 Å². The summed E-state index contributed by atoms with van der Waals surface area (Å²) in [6.45, 7) is 2.13. The maximum absolute atomic E-state index is 5.89. The van der Waals surface area contributed by atoms with E-state index in [2.05, 4.69) is 24.3 Å². The Balaban J connectivity index is 2.80. The third-order valence-electron chi connectivity index (χ3n) is 1.84. The number of terminal acetylenes is 1. The lowest BCUT2D eigenvalue weighted by Gasteiger charge is -2.07. The molecule has 1 heterocycles. The fourth-order valence-corrected chi connectivity index (χ4v) is 2.19. The standard InChI is InChI=1S/C10H13NS/c1-3-5-9(11)10-8(4-2)6-7-12-10/h1,6-7,9H,4-5,11H2,2H3. The van der Waals surface area contributed by atoms with Gasteiger partial charge in [0.2, 0.25) is 0 Å². The summed E-state index contributed by atoms with van der Waals surface area (Å²) < 4.78 is 0. The van der Waals surface area contributed by atoms with E-state index in [9.17, 15) is 0 Å². The van der Waals surface area contributed by atoms with Crippen LogP contribution in [-0.2, 0) is 6.42 Å². The second-order valence-electron chi connectivity index (χ2n) is 2.68. The molecule has 1 aromatic heterocycles. The molecule has 0 fully saturated rings. The monoisotopic (exact) mass is 179 g/mol. The summed E-state index contributed by atoms with van der Waals surface area (Å²) in [5.74, 6) is 2.59. The highest BCUT2D eigenvalue weighted by Gasteiger charge is 2.09. The zero-order chi connectivity index (χ0) is 8.97. The van der Waals surface area contributed by atoms with Crippen LogP contribution in [0.5, 0.6) is 0 Å². The molecule has 0 bridgehead atoms. The third kappa shape index (κ3) is 1.88. The average Bonchev–Trinajstić information content (AvgIpc) is 2.51. The van der Waals surface area contributed by atoms with Gasteiger partial charge in [-0.25, -0.2) is 0 Å². The molecular formula is C10H13NS. The molecule has 0 spiro atoms. The summed E-state index contributed by atoms with van der Waals surface area (Å²) in [6, 6.07) is 2.15. The first-order valence-electron chi connectivity index (χ1n) is 4.04. The molecule has 0 aromatic carbocycles. The molecule has 2 N–H and O–H groups in total. The fourth-order valence-electron chi connectivity index (χ4n) is 1.18. The van der Waals surface area contributed by atoms with Gasteiger partial charge in [-0.3, -0.25) is 0 Å². The molecule has 0 amide bonds. The summed E-state index contributed by atoms with van der Waals surface area (Å²) >= 11 is 1.70. The van der Waals surface area contributed by atoms with Crippen LogP contribution in [0.2, 0.25) is 0 Å². The number of nitrogens with two attached hydrogens (primary N) is 1. The summed E-state index contributed by atoms with van der Waals surface area (Å²) in [4.78, 5) is 1.25. The number of thiophene rings is 1. The Morgan fingerprint density at radius 2 is 2.50 bits per heavy atom. The van der Waals surface area contributed by atoms with E-state index in [1.54, 1.807) is 11.3 Å². The van der Waals surface area contributed by atoms with E-state index in [1.165, 1.54) is 10.4 Å². The first kappa shape index (κ1) is 9.31. The molecule has 64 valence electrons. The van der Waals surface area contributed by atoms with E-state index in [0.29, 0.717) is 6.42 Å². The molecule has 1 atom stereocenters. The highest BCUT2D eigenvalue weighted by Crippen LogP contribution is 2.24. The van der Waals surface area contributed by atoms with Gasteiger partial charge in [-0.2, -0.15) is 0 Å². The van der Waals surface area contributed by atoms with Crippen LogP contribution in [0.25, 0.3) is 0 Å². The molecule has 1 rings (SSSR count). The second kappa shape index (κ2) is 4.30. The van der Waals surface area contributed by atoms with Crippen molar-refractivity contribution in [2.75, 3.05) is 0 Å². The van der Waals surface area contributed by atoms with Crippen molar-refractivity contribution in [2.45, 2.75) is 25.8 Å². The van der Waals surface area contributed by atoms with Crippen molar-refractivity contribution in [3.8, 4) is 12.3 Å². The lowest BCUT2D eigenvalue weighted by atomic mass is 10.1. The minimum atomic E-state index is 0.0324. The molecule has 1 aromatic rings. The molecular weight excluding hydrogens is 166 g/mol. The van der Waals surface area contributed by atoms with Gasteiger partial charge in [0.25, 0.3) is 0 Å². The molecule has 2 heteroatoms. The van der Waals surface area contributed by atoms with Crippen molar-refractivity contribution in [1.29, 1.82) is 0 Å². The minimum Gasteiger partial charge on any atom is -0.322 e. The van der Waals surface area contributed by atoms with Crippen molar-refractivity contribution >= 4 is 11.3 Å². The average molecular weight is 179 g/mol. The van der Waals surface area contributed by atoms with Crippen molar-refractivity contribution in [2.24, 2.45) is 5.73 Å². The lowest BCUT2D eigenvalue weighted by Crippen LogP contribution is -2.09. The van der Waals surface area contributed by atoms with Crippen LogP contribution in [0.1, 0.15) is 29.8 Å². The summed E-state index contributed by atoms with van der Waals surface area (Å²) in [5, 5.41) is 2.07. The second-order valence-corrected chi connectivity index (χ2v) is 3.63. The van der Waals surface area contributed by atoms with Gasteiger partial charge in [0.05, 0.1) is 6.04 Å². The van der Waals surface area contributed by atoms with Gasteiger partial charge in [0.1, 0.15) is 0 Å². The van der Waals surface area contributed by atoms with Crippen LogP contribution in [-0.4, -0.2) is 0 Å². The zero-order valence-corrected chi connectivity index (χ0v) is 8.03. The molecule has 1 nitrogen and oxygen atoms in total. The maximum atomic E-state index is 5.89. The van der Waals surface area contributed by atoms with Crippen LogP contribution in [0.3, 0.4) is 0 Å². The van der Waals surface area contributed by atoms with E-state index in [1.807, 2.05) is 0 Å². The Hall–Kier alpha value is -0.780. The van der Waals surface area contributed by atoms with E-state index < -0.39 is 0 Å². The first-order chi connectivity index (χ1) is 5.79.